The van der Waals surface area contributed by atoms with E-state index in [-0.39, 0.29) is 18.1 Å². The van der Waals surface area contributed by atoms with Gasteiger partial charge in [0.25, 0.3) is 0 Å². The van der Waals surface area contributed by atoms with E-state index in [9.17, 15) is 4.79 Å². The van der Waals surface area contributed by atoms with Crippen LogP contribution in [0.3, 0.4) is 0 Å². The van der Waals surface area contributed by atoms with Crippen LogP contribution in [0.1, 0.15) is 47.5 Å². The zero-order valence-corrected chi connectivity index (χ0v) is 11.9. The zero-order valence-electron chi connectivity index (χ0n) is 11.9. The van der Waals surface area contributed by atoms with Crippen LogP contribution in [0.15, 0.2) is 0 Å². The summed E-state index contributed by atoms with van der Waals surface area (Å²) in [5.41, 5.74) is 0. The van der Waals surface area contributed by atoms with Gasteiger partial charge in [-0.25, -0.2) is 0 Å². The molecule has 4 nitrogen and oxygen atoms in total. The van der Waals surface area contributed by atoms with Gasteiger partial charge in [0.15, 0.2) is 0 Å². The molecule has 2 N–H and O–H groups in total. The molecule has 0 saturated heterocycles. The van der Waals surface area contributed by atoms with Crippen molar-refractivity contribution in [3.63, 3.8) is 0 Å². The van der Waals surface area contributed by atoms with E-state index in [1.807, 2.05) is 0 Å². The standard InChI is InChI=1S/C13H28N2O2/c1-6-12(7-2)15-13(16)11(5)17-9-8-14-10(3)4/h10-12,14H,6-9H2,1-5H3,(H,15,16). The third-order valence-electron chi connectivity index (χ3n) is 2.72. The van der Waals surface area contributed by atoms with Gasteiger partial charge in [0.05, 0.1) is 6.61 Å². The smallest absolute Gasteiger partial charge is 0.249 e. The molecule has 0 aromatic rings. The molecule has 0 saturated carbocycles. The molecule has 0 fully saturated rings. The summed E-state index contributed by atoms with van der Waals surface area (Å²) in [6.07, 6.45) is 1.55. The number of rotatable bonds is 9. The minimum Gasteiger partial charge on any atom is -0.367 e. The Hall–Kier alpha value is -0.610. The second kappa shape index (κ2) is 9.42. The lowest BCUT2D eigenvalue weighted by atomic mass is 10.1. The maximum atomic E-state index is 11.7. The van der Waals surface area contributed by atoms with Gasteiger partial charge in [-0.2, -0.15) is 0 Å². The van der Waals surface area contributed by atoms with Crippen LogP contribution in [-0.2, 0) is 9.53 Å². The highest BCUT2D eigenvalue weighted by molar-refractivity contribution is 5.80. The molecule has 1 unspecified atom stereocenters. The number of amides is 1. The van der Waals surface area contributed by atoms with Crippen molar-refractivity contribution in [2.75, 3.05) is 13.2 Å². The van der Waals surface area contributed by atoms with Gasteiger partial charge < -0.3 is 15.4 Å². The topological polar surface area (TPSA) is 50.4 Å². The maximum Gasteiger partial charge on any atom is 0.249 e. The average Bonchev–Trinajstić information content (AvgIpc) is 2.30. The maximum absolute atomic E-state index is 11.7. The van der Waals surface area contributed by atoms with Crippen molar-refractivity contribution in [1.29, 1.82) is 0 Å². The van der Waals surface area contributed by atoms with Crippen molar-refractivity contribution in [2.45, 2.75) is 65.6 Å². The Bertz CT molecular complexity index is 204. The van der Waals surface area contributed by atoms with Crippen molar-refractivity contribution in [3.8, 4) is 0 Å². The Morgan fingerprint density at radius 3 is 2.24 bits per heavy atom. The van der Waals surface area contributed by atoms with E-state index in [4.69, 9.17) is 4.74 Å². The van der Waals surface area contributed by atoms with Crippen molar-refractivity contribution in [2.24, 2.45) is 0 Å². The molecular formula is C13H28N2O2. The Morgan fingerprint density at radius 1 is 1.18 bits per heavy atom. The number of hydrogen-bond donors (Lipinski definition) is 2. The Morgan fingerprint density at radius 2 is 1.76 bits per heavy atom. The van der Waals surface area contributed by atoms with Crippen LogP contribution in [-0.4, -0.2) is 37.2 Å². The Labute approximate surface area is 105 Å². The molecule has 0 aromatic carbocycles. The fourth-order valence-electron chi connectivity index (χ4n) is 1.47. The van der Waals surface area contributed by atoms with Crippen LogP contribution >= 0.6 is 0 Å². The molecule has 0 bridgehead atoms. The Kier molecular flexibility index (Phi) is 9.09. The van der Waals surface area contributed by atoms with E-state index in [0.717, 1.165) is 19.4 Å². The fraction of sp³-hybridized carbons (Fsp3) is 0.923. The summed E-state index contributed by atoms with van der Waals surface area (Å²) in [6.45, 7) is 11.5. The van der Waals surface area contributed by atoms with Gasteiger partial charge in [-0.15, -0.1) is 0 Å². The van der Waals surface area contributed by atoms with Gasteiger partial charge in [0, 0.05) is 18.6 Å². The quantitative estimate of drug-likeness (QED) is 0.607. The molecule has 0 rings (SSSR count). The van der Waals surface area contributed by atoms with Crippen molar-refractivity contribution in [1.82, 2.24) is 10.6 Å². The lowest BCUT2D eigenvalue weighted by Crippen LogP contribution is -2.41. The first kappa shape index (κ1) is 16.4. The second-order valence-electron chi connectivity index (χ2n) is 4.64. The number of ether oxygens (including phenoxy) is 1. The molecule has 1 amide bonds. The van der Waals surface area contributed by atoms with Crippen LogP contribution in [0, 0.1) is 0 Å². The summed E-state index contributed by atoms with van der Waals surface area (Å²) in [4.78, 5) is 11.7. The van der Waals surface area contributed by atoms with Crippen molar-refractivity contribution >= 4 is 5.91 Å². The summed E-state index contributed by atoms with van der Waals surface area (Å²) in [6, 6.07) is 0.717. The molecule has 17 heavy (non-hydrogen) atoms. The second-order valence-corrected chi connectivity index (χ2v) is 4.64. The molecule has 102 valence electrons. The third kappa shape index (κ3) is 8.16. The monoisotopic (exact) mass is 244 g/mol. The molecule has 0 radical (unpaired) electrons. The molecule has 0 aliphatic heterocycles. The summed E-state index contributed by atoms with van der Waals surface area (Å²) in [5.74, 6) is -0.0109. The highest BCUT2D eigenvalue weighted by Crippen LogP contribution is 1.98. The van der Waals surface area contributed by atoms with E-state index >= 15 is 0 Å². The van der Waals surface area contributed by atoms with Gasteiger partial charge in [0.1, 0.15) is 6.10 Å². The number of carbonyl (C=O) groups is 1. The van der Waals surface area contributed by atoms with E-state index in [0.29, 0.717) is 12.6 Å². The van der Waals surface area contributed by atoms with Crippen molar-refractivity contribution in [3.05, 3.63) is 0 Å². The average molecular weight is 244 g/mol. The molecule has 0 aromatic heterocycles. The zero-order chi connectivity index (χ0) is 13.3. The lowest BCUT2D eigenvalue weighted by molar-refractivity contribution is -0.132. The summed E-state index contributed by atoms with van der Waals surface area (Å²) in [5, 5.41) is 6.23. The van der Waals surface area contributed by atoms with Gasteiger partial charge in [-0.1, -0.05) is 27.7 Å². The molecular weight excluding hydrogens is 216 g/mol. The first-order valence-corrected chi connectivity index (χ1v) is 6.66. The Balaban J connectivity index is 3.74. The molecule has 1 atom stereocenters. The van der Waals surface area contributed by atoms with Crippen LogP contribution in [0.25, 0.3) is 0 Å². The van der Waals surface area contributed by atoms with Crippen LogP contribution < -0.4 is 10.6 Å². The number of hydrogen-bond acceptors (Lipinski definition) is 3. The summed E-state index contributed by atoms with van der Waals surface area (Å²) >= 11 is 0. The minimum absolute atomic E-state index is 0.0109. The summed E-state index contributed by atoms with van der Waals surface area (Å²) in [7, 11) is 0. The SMILES string of the molecule is CCC(CC)NC(=O)C(C)OCCNC(C)C. The van der Waals surface area contributed by atoms with Crippen LogP contribution in [0.5, 0.6) is 0 Å². The highest BCUT2D eigenvalue weighted by Gasteiger charge is 2.15. The molecule has 0 spiro atoms. The number of carbonyl (C=O) groups excluding carboxylic acids is 1. The van der Waals surface area contributed by atoms with Gasteiger partial charge in [-0.3, -0.25) is 4.79 Å². The van der Waals surface area contributed by atoms with Crippen molar-refractivity contribution < 1.29 is 9.53 Å². The highest BCUT2D eigenvalue weighted by atomic mass is 16.5. The fourth-order valence-corrected chi connectivity index (χ4v) is 1.47. The predicted octanol–water partition coefficient (Wildman–Crippen LogP) is 1.69. The van der Waals surface area contributed by atoms with Gasteiger partial charge >= 0.3 is 0 Å². The molecule has 4 heteroatoms. The van der Waals surface area contributed by atoms with Gasteiger partial charge in [-0.05, 0) is 19.8 Å². The summed E-state index contributed by atoms with van der Waals surface area (Å²) < 4.78 is 5.47. The number of nitrogens with one attached hydrogen (secondary N) is 2. The largest absolute Gasteiger partial charge is 0.367 e. The predicted molar refractivity (Wildman–Crippen MR) is 71.1 cm³/mol. The first-order chi connectivity index (χ1) is 8.01. The third-order valence-corrected chi connectivity index (χ3v) is 2.72. The van der Waals surface area contributed by atoms with Crippen LogP contribution in [0.4, 0.5) is 0 Å². The van der Waals surface area contributed by atoms with Gasteiger partial charge in [0.2, 0.25) is 5.91 Å². The van der Waals surface area contributed by atoms with E-state index < -0.39 is 0 Å². The molecule has 0 aliphatic carbocycles. The molecule has 0 heterocycles. The lowest BCUT2D eigenvalue weighted by Gasteiger charge is -2.19. The van der Waals surface area contributed by atoms with E-state index in [1.165, 1.54) is 0 Å². The normalized spacial score (nSPS) is 13.1. The first-order valence-electron chi connectivity index (χ1n) is 6.66. The molecule has 0 aliphatic rings. The van der Waals surface area contributed by atoms with E-state index in [2.05, 4.69) is 38.3 Å². The minimum atomic E-state index is -0.371. The van der Waals surface area contributed by atoms with Crippen LogP contribution in [0.2, 0.25) is 0 Å². The van der Waals surface area contributed by atoms with E-state index in [1.54, 1.807) is 6.92 Å².